The zero-order chi connectivity index (χ0) is 28.3. The highest BCUT2D eigenvalue weighted by Gasteiger charge is 2.51. The maximum Gasteiger partial charge on any atom is 0.192 e. The summed E-state index contributed by atoms with van der Waals surface area (Å²) in [6.07, 6.45) is 0. The molecule has 0 bridgehead atoms. The zero-order valence-corrected chi connectivity index (χ0v) is 28.1. The predicted molar refractivity (Wildman–Crippen MR) is 157 cm³/mol. The Labute approximate surface area is 224 Å². The van der Waals surface area contributed by atoms with Crippen molar-refractivity contribution in [1.29, 1.82) is 0 Å². The minimum absolute atomic E-state index is 0.0116. The molecule has 0 N–H and O–H groups in total. The number of hydrogen-bond donors (Lipinski definition) is 0. The summed E-state index contributed by atoms with van der Waals surface area (Å²) >= 11 is 1.39. The topological polar surface area (TPSA) is 42.0 Å². The van der Waals surface area contributed by atoms with Gasteiger partial charge in [0.2, 0.25) is 0 Å². The van der Waals surface area contributed by atoms with Crippen LogP contribution < -0.4 is 0 Å². The van der Waals surface area contributed by atoms with Crippen LogP contribution in [0.15, 0.2) is 0 Å². The van der Waals surface area contributed by atoms with Gasteiger partial charge in [-0.2, -0.15) is 0 Å². The van der Waals surface area contributed by atoms with Crippen LogP contribution in [-0.4, -0.2) is 60.2 Å². The molecule has 0 aromatic carbocycles. The molecule has 0 aliphatic rings. The molecule has 0 rings (SSSR count). The summed E-state index contributed by atoms with van der Waals surface area (Å²) in [6.45, 7) is 38.8. The van der Waals surface area contributed by atoms with Crippen molar-refractivity contribution in [2.75, 3.05) is 0 Å². The van der Waals surface area contributed by atoms with Crippen molar-refractivity contribution < 1.29 is 14.1 Å². The molecule has 0 aromatic rings. The second kappa shape index (κ2) is 12.9. The lowest BCUT2D eigenvalue weighted by Gasteiger charge is -2.54. The van der Waals surface area contributed by atoms with Gasteiger partial charge in [0.05, 0.1) is 16.8 Å². The maximum atomic E-state index is 12.6. The summed E-state index contributed by atoms with van der Waals surface area (Å²) in [5.41, 5.74) is -1.78. The van der Waals surface area contributed by atoms with Crippen molar-refractivity contribution >= 4 is 25.3 Å². The molecule has 0 aliphatic carbocycles. The number of nitrogens with zero attached hydrogens (tertiary/aromatic N) is 2. The minimum Gasteiger partial charge on any atom is -0.365 e. The van der Waals surface area contributed by atoms with Gasteiger partial charge in [0.25, 0.3) is 0 Å². The molecule has 0 atom stereocenters. The van der Waals surface area contributed by atoms with E-state index in [4.69, 9.17) is 9.26 Å². The Balaban J connectivity index is 6.29. The first kappa shape index (κ1) is 35.3. The lowest BCUT2D eigenvalue weighted by Crippen LogP contribution is -2.58. The number of ether oxygens (including phenoxy) is 1. The molecular weight excluding hydrogens is 475 g/mol. The predicted octanol–water partition coefficient (Wildman–Crippen LogP) is 8.51. The number of carbonyl (C=O) groups excluding carboxylic acids is 1. The van der Waals surface area contributed by atoms with Crippen LogP contribution in [0.3, 0.4) is 0 Å². The third-order valence-corrected chi connectivity index (χ3v) is 12.0. The van der Waals surface area contributed by atoms with Crippen molar-refractivity contribution in [3.63, 3.8) is 0 Å². The van der Waals surface area contributed by atoms with E-state index in [9.17, 15) is 4.79 Å². The molecule has 5 nitrogen and oxygen atoms in total. The number of rotatable bonds is 14. The molecule has 0 heterocycles. The van der Waals surface area contributed by atoms with E-state index >= 15 is 0 Å². The molecule has 0 saturated carbocycles. The summed E-state index contributed by atoms with van der Waals surface area (Å²) in [5.74, 6) is -0.0116. The molecular formula is C28H59N2O3PS. The van der Waals surface area contributed by atoms with Crippen LogP contribution in [0.1, 0.15) is 125 Å². The third-order valence-electron chi connectivity index (χ3n) is 7.06. The molecule has 0 radical (unpaired) electrons. The van der Waals surface area contributed by atoms with Crippen LogP contribution in [0.5, 0.6) is 0 Å². The van der Waals surface area contributed by atoms with E-state index in [2.05, 4.69) is 120 Å². The van der Waals surface area contributed by atoms with E-state index < -0.39 is 30.0 Å². The van der Waals surface area contributed by atoms with Crippen molar-refractivity contribution in [2.24, 2.45) is 5.92 Å². The summed E-state index contributed by atoms with van der Waals surface area (Å²) in [4.78, 5) is 12.6. The molecule has 7 heteroatoms. The van der Waals surface area contributed by atoms with Gasteiger partial charge >= 0.3 is 0 Å². The fraction of sp³-hybridized carbons (Fsp3) is 0.964. The van der Waals surface area contributed by atoms with Crippen LogP contribution >= 0.6 is 20.2 Å². The molecule has 35 heavy (non-hydrogen) atoms. The van der Waals surface area contributed by atoms with Gasteiger partial charge in [0, 0.05) is 34.8 Å². The second-order valence-corrected chi connectivity index (χ2v) is 16.4. The van der Waals surface area contributed by atoms with E-state index in [-0.39, 0.29) is 11.0 Å². The van der Waals surface area contributed by atoms with E-state index in [1.165, 1.54) is 11.8 Å². The highest BCUT2D eigenvalue weighted by molar-refractivity contribution is 8.14. The van der Waals surface area contributed by atoms with Gasteiger partial charge in [-0.25, -0.2) is 9.34 Å². The summed E-state index contributed by atoms with van der Waals surface area (Å²) in [6, 6.07) is 1.37. The highest BCUT2D eigenvalue weighted by Crippen LogP contribution is 2.56. The fourth-order valence-electron chi connectivity index (χ4n) is 3.89. The van der Waals surface area contributed by atoms with Crippen LogP contribution in [0, 0.1) is 5.92 Å². The molecule has 210 valence electrons. The van der Waals surface area contributed by atoms with Gasteiger partial charge in [-0.15, -0.1) is 0 Å². The molecule has 0 amide bonds. The van der Waals surface area contributed by atoms with Gasteiger partial charge in [-0.1, -0.05) is 25.6 Å². The zero-order valence-electron chi connectivity index (χ0n) is 26.4. The van der Waals surface area contributed by atoms with E-state index in [1.54, 1.807) is 0 Å². The third kappa shape index (κ3) is 9.21. The summed E-state index contributed by atoms with van der Waals surface area (Å²) in [7, 11) is -1.06. The van der Waals surface area contributed by atoms with Gasteiger partial charge in [-0.3, -0.25) is 4.79 Å². The molecule has 0 unspecified atom stereocenters. The Bertz CT molecular complexity index is 637. The van der Waals surface area contributed by atoms with Crippen LogP contribution in [0.25, 0.3) is 0 Å². The van der Waals surface area contributed by atoms with E-state index in [1.807, 2.05) is 13.8 Å². The first-order valence-electron chi connectivity index (χ1n) is 13.4. The quantitative estimate of drug-likeness (QED) is 0.208. The van der Waals surface area contributed by atoms with Gasteiger partial charge < -0.3 is 9.26 Å². The average molecular weight is 535 g/mol. The van der Waals surface area contributed by atoms with Crippen molar-refractivity contribution in [3.05, 3.63) is 0 Å². The highest BCUT2D eigenvalue weighted by atomic mass is 32.2. The number of carbonyl (C=O) groups is 1. The van der Waals surface area contributed by atoms with E-state index in [0.29, 0.717) is 24.2 Å². The Kier molecular flexibility index (Phi) is 13.0. The van der Waals surface area contributed by atoms with Crippen molar-refractivity contribution in [3.8, 4) is 0 Å². The Hall–Kier alpha value is 0.290. The molecule has 0 spiro atoms. The van der Waals surface area contributed by atoms with E-state index in [0.717, 1.165) is 0 Å². The normalized spacial score (nSPS) is 14.8. The number of thioether (sulfide) groups is 1. The molecule has 0 aliphatic heterocycles. The van der Waals surface area contributed by atoms with Crippen LogP contribution in [-0.2, 0) is 14.1 Å². The monoisotopic (exact) mass is 534 g/mol. The Morgan fingerprint density at radius 1 is 0.629 bits per heavy atom. The lowest BCUT2D eigenvalue weighted by atomic mass is 9.86. The van der Waals surface area contributed by atoms with Crippen molar-refractivity contribution in [2.45, 2.75) is 170 Å². The van der Waals surface area contributed by atoms with Crippen LogP contribution in [0.4, 0.5) is 0 Å². The number of hydrogen-bond acceptors (Lipinski definition) is 6. The Morgan fingerprint density at radius 2 is 0.971 bits per heavy atom. The molecule has 0 fully saturated rings. The van der Waals surface area contributed by atoms with Crippen LogP contribution in [0.2, 0.25) is 0 Å². The average Bonchev–Trinajstić information content (AvgIpc) is 2.58. The fourth-order valence-corrected chi connectivity index (χ4v) is 7.55. The molecule has 0 aromatic heterocycles. The van der Waals surface area contributed by atoms with Gasteiger partial charge in [0.1, 0.15) is 0 Å². The largest absolute Gasteiger partial charge is 0.365 e. The van der Waals surface area contributed by atoms with Crippen molar-refractivity contribution in [1.82, 2.24) is 9.34 Å². The summed E-state index contributed by atoms with van der Waals surface area (Å²) in [5, 5.41) is 0.192. The SMILES string of the molecule is CC(C)C(=O)SC(C)(C)C(C)(C)OC(C)(C)C(C)(C)OP(N(C(C)C)C(C)C)N(C(C)C)C(C)C. The Morgan fingerprint density at radius 3 is 1.26 bits per heavy atom. The molecule has 0 saturated heterocycles. The smallest absolute Gasteiger partial charge is 0.192 e. The summed E-state index contributed by atoms with van der Waals surface area (Å²) < 4.78 is 18.7. The lowest BCUT2D eigenvalue weighted by molar-refractivity contribution is -0.203. The first-order valence-corrected chi connectivity index (χ1v) is 15.4. The van der Waals surface area contributed by atoms with Gasteiger partial charge in [0.15, 0.2) is 13.6 Å². The second-order valence-electron chi connectivity index (χ2n) is 13.2. The van der Waals surface area contributed by atoms with Gasteiger partial charge in [-0.05, 0) is 111 Å². The first-order chi connectivity index (χ1) is 15.4. The maximum absolute atomic E-state index is 12.6. The standard InChI is InChI=1S/C28H59N2O3PS/c1-19(2)24(31)35-28(17,18)27(15,16)32-25(11,12)26(13,14)33-34(29(20(3)4)21(5)6)30(22(7)8)23(9)10/h19-23H,1-18H3. The minimum atomic E-state index is -1.06.